The van der Waals surface area contributed by atoms with Gasteiger partial charge in [0.1, 0.15) is 5.75 Å². The second-order valence-electron chi connectivity index (χ2n) is 8.26. The molecule has 31 heavy (non-hydrogen) atoms. The Balaban J connectivity index is 0.00000171. The molecule has 1 saturated heterocycles. The molecule has 0 radical (unpaired) electrons. The summed E-state index contributed by atoms with van der Waals surface area (Å²) >= 11 is 0. The van der Waals surface area contributed by atoms with Gasteiger partial charge < -0.3 is 15.6 Å². The van der Waals surface area contributed by atoms with Crippen LogP contribution in [0.2, 0.25) is 0 Å². The number of nitrogens with two attached hydrogens (primary N) is 1. The highest BCUT2D eigenvalue weighted by Gasteiger charge is 2.35. The Labute approximate surface area is 194 Å². The first-order valence-electron chi connectivity index (χ1n) is 10.3. The molecule has 0 saturated carbocycles. The predicted octanol–water partition coefficient (Wildman–Crippen LogP) is 4.68. The number of piperidine rings is 1. The molecular weight excluding hydrogens is 445 g/mol. The first-order valence-corrected chi connectivity index (χ1v) is 10.3. The van der Waals surface area contributed by atoms with Gasteiger partial charge in [-0.2, -0.15) is 0 Å². The molecule has 0 spiro atoms. The van der Waals surface area contributed by atoms with Crippen molar-refractivity contribution in [2.75, 3.05) is 19.6 Å². The van der Waals surface area contributed by atoms with E-state index in [9.17, 15) is 13.9 Å². The molecule has 0 unspecified atom stereocenters. The Bertz CT molecular complexity index is 892. The minimum absolute atomic E-state index is 0. The molecule has 2 atom stereocenters. The Kier molecular flexibility index (Phi) is 9.10. The maximum absolute atomic E-state index is 13.5. The number of nitrogens with zero attached hydrogens (tertiary/aromatic N) is 1. The topological polar surface area (TPSA) is 58.7 Å². The van der Waals surface area contributed by atoms with Crippen molar-refractivity contribution in [2.45, 2.75) is 44.9 Å². The molecule has 172 valence electrons. The average Bonchev–Trinajstić information content (AvgIpc) is 2.73. The normalized spacial score (nSPS) is 21.7. The second kappa shape index (κ2) is 10.9. The largest absolute Gasteiger partial charge is 0.507 e. The minimum atomic E-state index is -0.810. The maximum atomic E-state index is 13.5. The van der Waals surface area contributed by atoms with Crippen molar-refractivity contribution in [3.63, 3.8) is 0 Å². The Hall–Kier alpha value is -1.44. The summed E-state index contributed by atoms with van der Waals surface area (Å²) < 4.78 is 32.9. The molecule has 0 bridgehead atoms. The number of hydrogen-bond acceptors (Lipinski definition) is 4. The highest BCUT2D eigenvalue weighted by molar-refractivity contribution is 5.85. The van der Waals surface area contributed by atoms with Crippen LogP contribution in [0.25, 0.3) is 0 Å². The van der Waals surface area contributed by atoms with E-state index in [4.69, 9.17) is 10.5 Å². The summed E-state index contributed by atoms with van der Waals surface area (Å²) in [5.74, 6) is -0.854. The van der Waals surface area contributed by atoms with Gasteiger partial charge in [-0.1, -0.05) is 18.2 Å². The van der Waals surface area contributed by atoms with Gasteiger partial charge >= 0.3 is 0 Å². The molecule has 4 nitrogen and oxygen atoms in total. The number of halogens is 4. The second-order valence-corrected chi connectivity index (χ2v) is 8.26. The number of benzene rings is 2. The fraction of sp³-hybridized carbons (Fsp3) is 0.478. The van der Waals surface area contributed by atoms with Crippen molar-refractivity contribution in [3.05, 3.63) is 64.2 Å². The molecule has 2 aromatic rings. The minimum Gasteiger partial charge on any atom is -0.507 e. The van der Waals surface area contributed by atoms with Crippen molar-refractivity contribution in [3.8, 4) is 5.75 Å². The molecule has 0 aromatic heterocycles. The summed E-state index contributed by atoms with van der Waals surface area (Å²) in [6.45, 7) is 4.67. The lowest BCUT2D eigenvalue weighted by Gasteiger charge is -2.40. The average molecular weight is 475 g/mol. The van der Waals surface area contributed by atoms with Gasteiger partial charge in [-0.25, -0.2) is 8.78 Å². The van der Waals surface area contributed by atoms with E-state index in [0.29, 0.717) is 31.2 Å². The van der Waals surface area contributed by atoms with Crippen LogP contribution in [0.1, 0.15) is 41.2 Å². The predicted molar refractivity (Wildman–Crippen MR) is 122 cm³/mol. The lowest BCUT2D eigenvalue weighted by molar-refractivity contribution is -0.0651. The van der Waals surface area contributed by atoms with Crippen LogP contribution in [0.15, 0.2) is 30.3 Å². The molecule has 1 fully saturated rings. The van der Waals surface area contributed by atoms with E-state index >= 15 is 0 Å². The molecule has 3 N–H and O–H groups in total. The number of hydrogen-bond donors (Lipinski definition) is 2. The molecule has 8 heteroatoms. The van der Waals surface area contributed by atoms with Crippen LogP contribution >= 0.6 is 24.8 Å². The summed E-state index contributed by atoms with van der Waals surface area (Å²) in [7, 11) is 0. The SMILES string of the molecule is Cc1ccc2c(c1O)C[C@@H](C1CCN(Cc3ccc(F)c(F)c3)CC1)O[C@H]2CN.Cl.Cl. The molecule has 2 aliphatic rings. The van der Waals surface area contributed by atoms with E-state index in [-0.39, 0.29) is 37.0 Å². The van der Waals surface area contributed by atoms with Crippen LogP contribution in [0.3, 0.4) is 0 Å². The summed E-state index contributed by atoms with van der Waals surface area (Å²) in [4.78, 5) is 2.27. The van der Waals surface area contributed by atoms with Crippen LogP contribution in [0.4, 0.5) is 8.78 Å². The smallest absolute Gasteiger partial charge is 0.159 e. The lowest BCUT2D eigenvalue weighted by atomic mass is 9.83. The number of aryl methyl sites for hydroxylation is 1. The third-order valence-corrected chi connectivity index (χ3v) is 6.37. The quantitative estimate of drug-likeness (QED) is 0.675. The molecule has 2 aliphatic heterocycles. The molecule has 2 heterocycles. The van der Waals surface area contributed by atoms with E-state index in [1.54, 1.807) is 6.07 Å². The van der Waals surface area contributed by atoms with Crippen LogP contribution in [0, 0.1) is 24.5 Å². The molecule has 4 rings (SSSR count). The van der Waals surface area contributed by atoms with Crippen LogP contribution in [0.5, 0.6) is 5.75 Å². The van der Waals surface area contributed by atoms with E-state index in [2.05, 4.69) is 4.90 Å². The lowest BCUT2D eigenvalue weighted by Crippen LogP contribution is -2.42. The number of phenols is 1. The fourth-order valence-corrected chi connectivity index (χ4v) is 4.66. The van der Waals surface area contributed by atoms with Crippen LogP contribution in [-0.2, 0) is 17.7 Å². The first kappa shape index (κ1) is 25.8. The highest BCUT2D eigenvalue weighted by Crippen LogP contribution is 2.40. The summed E-state index contributed by atoms with van der Waals surface area (Å²) in [5.41, 5.74) is 9.59. The monoisotopic (exact) mass is 474 g/mol. The number of ether oxygens (including phenoxy) is 1. The molecule has 0 aliphatic carbocycles. The van der Waals surface area contributed by atoms with E-state index in [0.717, 1.165) is 48.2 Å². The Morgan fingerprint density at radius 3 is 2.45 bits per heavy atom. The van der Waals surface area contributed by atoms with Gasteiger partial charge in [0.15, 0.2) is 11.6 Å². The van der Waals surface area contributed by atoms with Gasteiger partial charge in [0.2, 0.25) is 0 Å². The molecule has 0 amide bonds. The summed E-state index contributed by atoms with van der Waals surface area (Å²) in [5, 5.41) is 10.6. The summed E-state index contributed by atoms with van der Waals surface area (Å²) in [6, 6.07) is 8.04. The van der Waals surface area contributed by atoms with E-state index < -0.39 is 11.6 Å². The number of rotatable bonds is 4. The van der Waals surface area contributed by atoms with Gasteiger partial charge in [0, 0.05) is 25.1 Å². The number of likely N-dealkylation sites (tertiary alicyclic amines) is 1. The summed E-state index contributed by atoms with van der Waals surface area (Å²) in [6.07, 6.45) is 2.48. The first-order chi connectivity index (χ1) is 14.0. The Morgan fingerprint density at radius 1 is 1.10 bits per heavy atom. The maximum Gasteiger partial charge on any atom is 0.159 e. The number of phenolic OH excluding ortho intramolecular Hbond substituents is 1. The number of fused-ring (bicyclic) bond motifs is 1. The van der Waals surface area contributed by atoms with Crippen molar-refractivity contribution < 1.29 is 18.6 Å². The number of aromatic hydroxyl groups is 1. The molecular formula is C23H30Cl2F2N2O2. The zero-order chi connectivity index (χ0) is 20.5. The van der Waals surface area contributed by atoms with Crippen LogP contribution in [-0.4, -0.2) is 35.7 Å². The third-order valence-electron chi connectivity index (χ3n) is 6.37. The van der Waals surface area contributed by atoms with Gasteiger partial charge in [0.05, 0.1) is 12.2 Å². The van der Waals surface area contributed by atoms with E-state index in [1.807, 2.05) is 19.1 Å². The van der Waals surface area contributed by atoms with Gasteiger partial charge in [0.25, 0.3) is 0 Å². The Morgan fingerprint density at radius 2 is 1.81 bits per heavy atom. The van der Waals surface area contributed by atoms with Gasteiger partial charge in [-0.05, 0) is 67.6 Å². The van der Waals surface area contributed by atoms with Crippen molar-refractivity contribution >= 4 is 24.8 Å². The van der Waals surface area contributed by atoms with Gasteiger partial charge in [-0.15, -0.1) is 24.8 Å². The van der Waals surface area contributed by atoms with Crippen molar-refractivity contribution in [1.82, 2.24) is 4.90 Å². The zero-order valence-corrected chi connectivity index (χ0v) is 19.2. The van der Waals surface area contributed by atoms with E-state index in [1.165, 1.54) is 12.1 Å². The van der Waals surface area contributed by atoms with Crippen molar-refractivity contribution in [1.29, 1.82) is 0 Å². The van der Waals surface area contributed by atoms with Crippen molar-refractivity contribution in [2.24, 2.45) is 11.7 Å². The van der Waals surface area contributed by atoms with Gasteiger partial charge in [-0.3, -0.25) is 4.90 Å². The molecule has 2 aromatic carbocycles. The fourth-order valence-electron chi connectivity index (χ4n) is 4.66. The highest BCUT2D eigenvalue weighted by atomic mass is 35.5. The third kappa shape index (κ3) is 5.49. The standard InChI is InChI=1S/C23H28F2N2O2.2ClH/c1-14-2-4-17-18(23(14)28)11-21(29-22(17)12-26)16-6-8-27(9-7-16)13-15-3-5-19(24)20(25)10-15;;/h2-5,10,16,21-22,28H,6-9,11-13,26H2,1H3;2*1H/t21-,22-;;/m0../s1. The zero-order valence-electron chi connectivity index (χ0n) is 17.5. The van der Waals surface area contributed by atoms with Crippen LogP contribution < -0.4 is 5.73 Å².